The van der Waals surface area contributed by atoms with E-state index in [1.165, 1.54) is 23.5 Å². The number of benzene rings is 2. The number of thiocarbonyl (C=S) groups is 1. The Hall–Kier alpha value is -3.30. The van der Waals surface area contributed by atoms with Gasteiger partial charge in [-0.25, -0.2) is 9.37 Å². The quantitative estimate of drug-likeness (QED) is 0.343. The molecule has 3 N–H and O–H groups in total. The van der Waals surface area contributed by atoms with Crippen molar-refractivity contribution in [2.24, 2.45) is 0 Å². The van der Waals surface area contributed by atoms with Gasteiger partial charge < -0.3 is 9.73 Å². The van der Waals surface area contributed by atoms with Crippen molar-refractivity contribution in [2.45, 2.75) is 0 Å². The number of fused-ring (bicyclic) bond motifs is 1. The number of hydrazine groups is 1. The average molecular weight is 412 g/mol. The number of nitrogens with zero attached hydrogens (tertiary/aromatic N) is 1. The highest BCUT2D eigenvalue weighted by molar-refractivity contribution is 7.80. The van der Waals surface area contributed by atoms with Gasteiger partial charge in [0.15, 0.2) is 21.6 Å². The summed E-state index contributed by atoms with van der Waals surface area (Å²) in [6.07, 6.45) is 0. The molecule has 2 heterocycles. The van der Waals surface area contributed by atoms with Crippen molar-refractivity contribution in [1.29, 1.82) is 0 Å². The predicted molar refractivity (Wildman–Crippen MR) is 111 cm³/mol. The van der Waals surface area contributed by atoms with Gasteiger partial charge >= 0.3 is 5.91 Å². The number of para-hydroxylation sites is 2. The number of hydrogen-bond donors (Lipinski definition) is 3. The Morgan fingerprint density at radius 3 is 2.64 bits per heavy atom. The fourth-order valence-electron chi connectivity index (χ4n) is 2.44. The predicted octanol–water partition coefficient (Wildman–Crippen LogP) is 4.33. The average Bonchev–Trinajstić information content (AvgIpc) is 3.35. The number of thiazole rings is 1. The van der Waals surface area contributed by atoms with E-state index in [4.69, 9.17) is 16.6 Å². The number of aromatic nitrogens is 1. The Bertz CT molecular complexity index is 1140. The van der Waals surface area contributed by atoms with Gasteiger partial charge in [-0.3, -0.25) is 15.6 Å². The van der Waals surface area contributed by atoms with Crippen LogP contribution >= 0.6 is 23.6 Å². The maximum Gasteiger partial charge on any atom is 0.305 e. The summed E-state index contributed by atoms with van der Waals surface area (Å²) in [4.78, 5) is 16.7. The lowest BCUT2D eigenvalue weighted by molar-refractivity contribution is 0.0917. The molecular formula is C19H13FN4O2S2. The fraction of sp³-hybridized carbons (Fsp3) is 0. The number of carbonyl (C=O) groups is 1. The molecule has 2 aromatic heterocycles. The van der Waals surface area contributed by atoms with E-state index < -0.39 is 11.7 Å². The first-order valence-corrected chi connectivity index (χ1v) is 9.40. The second-order valence-electron chi connectivity index (χ2n) is 5.66. The Labute approximate surface area is 168 Å². The standard InChI is InChI=1S/C19H13FN4O2S2/c20-11-5-1-2-6-12(11)22-19(27)24-23-17(25)14-9-10-15(26-14)18-21-13-7-3-4-8-16(13)28-18/h1-10H,(H,23,25)(H2,22,24,27). The maximum absolute atomic E-state index is 13.6. The van der Waals surface area contributed by atoms with Crippen LogP contribution in [0.5, 0.6) is 0 Å². The van der Waals surface area contributed by atoms with Gasteiger partial charge in [0.05, 0.1) is 15.9 Å². The van der Waals surface area contributed by atoms with Crippen molar-refractivity contribution in [3.05, 3.63) is 72.2 Å². The first-order valence-electron chi connectivity index (χ1n) is 8.18. The van der Waals surface area contributed by atoms with Gasteiger partial charge in [0, 0.05) is 0 Å². The molecule has 4 rings (SSSR count). The first kappa shape index (κ1) is 18.1. The molecule has 0 aliphatic rings. The molecule has 0 bridgehead atoms. The molecule has 0 spiro atoms. The van der Waals surface area contributed by atoms with Crippen LogP contribution in [-0.4, -0.2) is 16.0 Å². The van der Waals surface area contributed by atoms with Crippen molar-refractivity contribution in [1.82, 2.24) is 15.8 Å². The van der Waals surface area contributed by atoms with E-state index >= 15 is 0 Å². The summed E-state index contributed by atoms with van der Waals surface area (Å²) in [5.74, 6) is -0.386. The molecule has 0 fully saturated rings. The van der Waals surface area contributed by atoms with Crippen LogP contribution in [0, 0.1) is 5.82 Å². The van der Waals surface area contributed by atoms with Crippen molar-refractivity contribution < 1.29 is 13.6 Å². The molecule has 9 heteroatoms. The highest BCUT2D eigenvalue weighted by atomic mass is 32.1. The Morgan fingerprint density at radius 2 is 1.82 bits per heavy atom. The monoisotopic (exact) mass is 412 g/mol. The first-order chi connectivity index (χ1) is 13.6. The Morgan fingerprint density at radius 1 is 1.04 bits per heavy atom. The second-order valence-corrected chi connectivity index (χ2v) is 7.10. The van der Waals surface area contributed by atoms with Crippen LogP contribution < -0.4 is 16.2 Å². The number of carbonyl (C=O) groups excluding carboxylic acids is 1. The zero-order valence-electron chi connectivity index (χ0n) is 14.2. The molecule has 28 heavy (non-hydrogen) atoms. The summed E-state index contributed by atoms with van der Waals surface area (Å²) in [5, 5.41) is 3.38. The van der Waals surface area contributed by atoms with E-state index in [1.54, 1.807) is 24.3 Å². The van der Waals surface area contributed by atoms with Crippen LogP contribution in [0.4, 0.5) is 10.1 Å². The summed E-state index contributed by atoms with van der Waals surface area (Å²) in [5.41, 5.74) is 5.98. The molecule has 0 aliphatic heterocycles. The van der Waals surface area contributed by atoms with Crippen molar-refractivity contribution in [3.8, 4) is 10.8 Å². The molecule has 4 aromatic rings. The van der Waals surface area contributed by atoms with Gasteiger partial charge in [0.1, 0.15) is 5.82 Å². The number of rotatable bonds is 3. The molecule has 140 valence electrons. The van der Waals surface area contributed by atoms with E-state index in [2.05, 4.69) is 21.2 Å². The minimum atomic E-state index is -0.523. The van der Waals surface area contributed by atoms with Crippen LogP contribution in [0.1, 0.15) is 10.6 Å². The smallest absolute Gasteiger partial charge is 0.305 e. The third kappa shape index (κ3) is 3.85. The van der Waals surface area contributed by atoms with Crippen LogP contribution in [0.2, 0.25) is 0 Å². The van der Waals surface area contributed by atoms with E-state index in [-0.39, 0.29) is 16.6 Å². The second kappa shape index (κ2) is 7.75. The molecule has 0 saturated carbocycles. The minimum absolute atomic E-state index is 0.0383. The number of nitrogens with one attached hydrogen (secondary N) is 3. The van der Waals surface area contributed by atoms with Gasteiger partial charge in [-0.05, 0) is 48.6 Å². The van der Waals surface area contributed by atoms with E-state index in [9.17, 15) is 9.18 Å². The van der Waals surface area contributed by atoms with Gasteiger partial charge in [-0.2, -0.15) is 0 Å². The van der Waals surface area contributed by atoms with Gasteiger partial charge in [-0.1, -0.05) is 24.3 Å². The Balaban J connectivity index is 1.39. The molecule has 1 amide bonds. The molecule has 6 nitrogen and oxygen atoms in total. The van der Waals surface area contributed by atoms with Crippen LogP contribution in [-0.2, 0) is 0 Å². The summed E-state index contributed by atoms with van der Waals surface area (Å²) in [6.45, 7) is 0. The number of hydrogen-bond acceptors (Lipinski definition) is 5. The molecule has 0 atom stereocenters. The summed E-state index contributed by atoms with van der Waals surface area (Å²) in [6, 6.07) is 17.0. The highest BCUT2D eigenvalue weighted by Crippen LogP contribution is 2.31. The van der Waals surface area contributed by atoms with Crippen LogP contribution in [0.25, 0.3) is 21.0 Å². The van der Waals surface area contributed by atoms with Crippen molar-refractivity contribution >= 4 is 50.5 Å². The number of anilines is 1. The van der Waals surface area contributed by atoms with Gasteiger partial charge in [0.2, 0.25) is 0 Å². The third-order valence-corrected chi connectivity index (χ3v) is 5.00. The molecule has 0 saturated heterocycles. The van der Waals surface area contributed by atoms with E-state index in [0.29, 0.717) is 10.8 Å². The SMILES string of the molecule is O=C(NNC(=S)Nc1ccccc1F)c1ccc(-c2nc3ccccc3s2)o1. The number of furan rings is 1. The molecule has 2 aromatic carbocycles. The summed E-state index contributed by atoms with van der Waals surface area (Å²) >= 11 is 6.52. The molecule has 0 unspecified atom stereocenters. The Kier molecular flexibility index (Phi) is 5.00. The van der Waals surface area contributed by atoms with E-state index in [0.717, 1.165) is 10.2 Å². The lowest BCUT2D eigenvalue weighted by Gasteiger charge is -2.11. The van der Waals surface area contributed by atoms with Crippen LogP contribution in [0.15, 0.2) is 65.1 Å². The maximum atomic E-state index is 13.6. The van der Waals surface area contributed by atoms with Crippen LogP contribution in [0.3, 0.4) is 0 Å². The minimum Gasteiger partial charge on any atom is -0.448 e. The van der Waals surface area contributed by atoms with Gasteiger partial charge in [-0.15, -0.1) is 11.3 Å². The highest BCUT2D eigenvalue weighted by Gasteiger charge is 2.15. The zero-order valence-corrected chi connectivity index (χ0v) is 15.9. The lowest BCUT2D eigenvalue weighted by Crippen LogP contribution is -2.43. The summed E-state index contributed by atoms with van der Waals surface area (Å²) in [7, 11) is 0. The molecular weight excluding hydrogens is 399 g/mol. The largest absolute Gasteiger partial charge is 0.448 e. The van der Waals surface area contributed by atoms with Crippen molar-refractivity contribution in [3.63, 3.8) is 0 Å². The van der Waals surface area contributed by atoms with E-state index in [1.807, 2.05) is 24.3 Å². The zero-order chi connectivity index (χ0) is 19.5. The number of amides is 1. The normalized spacial score (nSPS) is 10.6. The fourth-order valence-corrected chi connectivity index (χ4v) is 3.53. The molecule has 0 radical (unpaired) electrons. The van der Waals surface area contributed by atoms with Gasteiger partial charge in [0.25, 0.3) is 0 Å². The molecule has 0 aliphatic carbocycles. The third-order valence-electron chi connectivity index (χ3n) is 3.75. The topological polar surface area (TPSA) is 79.2 Å². The summed E-state index contributed by atoms with van der Waals surface area (Å²) < 4.78 is 20.2. The lowest BCUT2D eigenvalue weighted by atomic mass is 10.3. The number of halogens is 1. The van der Waals surface area contributed by atoms with Crippen molar-refractivity contribution in [2.75, 3.05) is 5.32 Å².